The van der Waals surface area contributed by atoms with Crippen molar-refractivity contribution in [3.05, 3.63) is 12.2 Å². The SMILES string of the molecule is C/C=C/C(C)OO. The van der Waals surface area contributed by atoms with E-state index < -0.39 is 0 Å². The third-order valence-corrected chi connectivity index (χ3v) is 0.630. The van der Waals surface area contributed by atoms with Crippen molar-refractivity contribution in [2.24, 2.45) is 0 Å². The summed E-state index contributed by atoms with van der Waals surface area (Å²) < 4.78 is 0. The fourth-order valence-corrected chi connectivity index (χ4v) is 0.306. The van der Waals surface area contributed by atoms with E-state index in [1.54, 1.807) is 13.0 Å². The van der Waals surface area contributed by atoms with Crippen LogP contribution in [0.4, 0.5) is 0 Å². The van der Waals surface area contributed by atoms with Gasteiger partial charge in [0.15, 0.2) is 0 Å². The Labute approximate surface area is 43.3 Å². The Hall–Kier alpha value is -0.340. The Morgan fingerprint density at radius 2 is 2.29 bits per heavy atom. The van der Waals surface area contributed by atoms with Gasteiger partial charge in [-0.1, -0.05) is 12.2 Å². The van der Waals surface area contributed by atoms with E-state index in [1.807, 2.05) is 13.0 Å². The monoisotopic (exact) mass is 102 g/mol. The molecule has 7 heavy (non-hydrogen) atoms. The summed E-state index contributed by atoms with van der Waals surface area (Å²) >= 11 is 0. The molecule has 0 rings (SSSR count). The second-order valence-electron chi connectivity index (χ2n) is 1.34. The van der Waals surface area contributed by atoms with Crippen molar-refractivity contribution in [2.45, 2.75) is 20.0 Å². The maximum absolute atomic E-state index is 7.91. The first-order valence-corrected chi connectivity index (χ1v) is 2.24. The number of hydrogen-bond donors (Lipinski definition) is 1. The van der Waals surface area contributed by atoms with Gasteiger partial charge in [0.2, 0.25) is 0 Å². The van der Waals surface area contributed by atoms with Crippen LogP contribution in [0.3, 0.4) is 0 Å². The van der Waals surface area contributed by atoms with E-state index in [4.69, 9.17) is 5.26 Å². The van der Waals surface area contributed by atoms with Crippen LogP contribution in [0.2, 0.25) is 0 Å². The molecule has 0 radical (unpaired) electrons. The molecule has 2 heteroatoms. The lowest BCUT2D eigenvalue weighted by Gasteiger charge is -1.95. The van der Waals surface area contributed by atoms with Gasteiger partial charge in [-0.05, 0) is 13.8 Å². The van der Waals surface area contributed by atoms with Gasteiger partial charge in [0.05, 0.1) is 0 Å². The normalized spacial score (nSPS) is 15.3. The summed E-state index contributed by atoms with van der Waals surface area (Å²) in [5, 5.41) is 7.91. The van der Waals surface area contributed by atoms with Gasteiger partial charge in [-0.3, -0.25) is 5.26 Å². The molecule has 0 aliphatic carbocycles. The summed E-state index contributed by atoms with van der Waals surface area (Å²) in [6, 6.07) is 0. The van der Waals surface area contributed by atoms with Gasteiger partial charge in [-0.2, -0.15) is 0 Å². The summed E-state index contributed by atoms with van der Waals surface area (Å²) in [5.74, 6) is 0. The molecule has 0 aliphatic heterocycles. The van der Waals surface area contributed by atoms with Crippen LogP contribution in [0, 0.1) is 0 Å². The smallest absolute Gasteiger partial charge is 0.108 e. The van der Waals surface area contributed by atoms with Crippen LogP contribution in [0.1, 0.15) is 13.8 Å². The Morgan fingerprint density at radius 3 is 2.43 bits per heavy atom. The van der Waals surface area contributed by atoms with Crippen molar-refractivity contribution in [1.82, 2.24) is 0 Å². The quantitative estimate of drug-likeness (QED) is 0.325. The molecule has 0 saturated carbocycles. The van der Waals surface area contributed by atoms with Gasteiger partial charge in [-0.25, -0.2) is 4.89 Å². The minimum Gasteiger partial charge on any atom is -0.251 e. The molecule has 1 atom stereocenters. The van der Waals surface area contributed by atoms with Crippen molar-refractivity contribution < 1.29 is 10.1 Å². The van der Waals surface area contributed by atoms with E-state index in [0.29, 0.717) is 0 Å². The molecule has 0 aromatic rings. The predicted octanol–water partition coefficient (Wildman–Crippen LogP) is 1.44. The van der Waals surface area contributed by atoms with Crippen LogP contribution in [0.25, 0.3) is 0 Å². The zero-order chi connectivity index (χ0) is 5.70. The second kappa shape index (κ2) is 3.84. The fourth-order valence-electron chi connectivity index (χ4n) is 0.306. The number of allylic oxidation sites excluding steroid dienone is 1. The summed E-state index contributed by atoms with van der Waals surface area (Å²) in [7, 11) is 0. The Kier molecular flexibility index (Phi) is 3.65. The zero-order valence-corrected chi connectivity index (χ0v) is 4.59. The van der Waals surface area contributed by atoms with Crippen molar-refractivity contribution in [1.29, 1.82) is 0 Å². The van der Waals surface area contributed by atoms with E-state index in [0.717, 1.165) is 0 Å². The largest absolute Gasteiger partial charge is 0.251 e. The first kappa shape index (κ1) is 6.66. The first-order chi connectivity index (χ1) is 3.31. The first-order valence-electron chi connectivity index (χ1n) is 2.24. The van der Waals surface area contributed by atoms with Gasteiger partial charge in [0.25, 0.3) is 0 Å². The van der Waals surface area contributed by atoms with Gasteiger partial charge in [0.1, 0.15) is 6.10 Å². The lowest BCUT2D eigenvalue weighted by atomic mass is 10.4. The van der Waals surface area contributed by atoms with Gasteiger partial charge < -0.3 is 0 Å². The maximum Gasteiger partial charge on any atom is 0.108 e. The molecule has 0 aromatic carbocycles. The Balaban J connectivity index is 3.16. The van der Waals surface area contributed by atoms with E-state index in [9.17, 15) is 0 Å². The van der Waals surface area contributed by atoms with Crippen molar-refractivity contribution in [2.75, 3.05) is 0 Å². The molecule has 0 heterocycles. The van der Waals surface area contributed by atoms with Crippen LogP contribution in [0.5, 0.6) is 0 Å². The fraction of sp³-hybridized carbons (Fsp3) is 0.600. The van der Waals surface area contributed by atoms with Crippen molar-refractivity contribution in [3.63, 3.8) is 0 Å². The molecule has 0 aliphatic rings. The molecule has 0 aromatic heterocycles. The maximum atomic E-state index is 7.91. The van der Waals surface area contributed by atoms with Crippen LogP contribution in [0.15, 0.2) is 12.2 Å². The van der Waals surface area contributed by atoms with E-state index in [-0.39, 0.29) is 6.10 Å². The molecular formula is C5H10O2. The Bertz CT molecular complexity index is 59.1. The molecule has 0 saturated heterocycles. The van der Waals surface area contributed by atoms with E-state index in [1.165, 1.54) is 0 Å². The minimum absolute atomic E-state index is 0.176. The minimum atomic E-state index is -0.176. The topological polar surface area (TPSA) is 29.5 Å². The predicted molar refractivity (Wildman–Crippen MR) is 28.0 cm³/mol. The summed E-state index contributed by atoms with van der Waals surface area (Å²) in [6.45, 7) is 3.62. The molecule has 1 unspecified atom stereocenters. The molecule has 0 bridgehead atoms. The van der Waals surface area contributed by atoms with Gasteiger partial charge in [-0.15, -0.1) is 0 Å². The molecule has 42 valence electrons. The standard InChI is InChI=1S/C5H10O2/c1-3-4-5(2)7-6/h3-6H,1-2H3/b4-3+. The van der Waals surface area contributed by atoms with Crippen LogP contribution < -0.4 is 0 Å². The molecule has 0 spiro atoms. The van der Waals surface area contributed by atoms with Gasteiger partial charge in [0, 0.05) is 0 Å². The van der Waals surface area contributed by atoms with Crippen LogP contribution >= 0.6 is 0 Å². The summed E-state index contributed by atoms with van der Waals surface area (Å²) in [4.78, 5) is 3.90. The Morgan fingerprint density at radius 1 is 1.71 bits per heavy atom. The van der Waals surface area contributed by atoms with E-state index in [2.05, 4.69) is 4.89 Å². The highest BCUT2D eigenvalue weighted by Gasteiger charge is 1.88. The molecule has 0 amide bonds. The summed E-state index contributed by atoms with van der Waals surface area (Å²) in [6.07, 6.45) is 3.39. The third-order valence-electron chi connectivity index (χ3n) is 0.630. The molecule has 1 N–H and O–H groups in total. The lowest BCUT2D eigenvalue weighted by molar-refractivity contribution is -0.261. The second-order valence-corrected chi connectivity index (χ2v) is 1.34. The summed E-state index contributed by atoms with van der Waals surface area (Å²) in [5.41, 5.74) is 0. The van der Waals surface area contributed by atoms with Crippen LogP contribution in [-0.2, 0) is 4.89 Å². The lowest BCUT2D eigenvalue weighted by Crippen LogP contribution is -1.98. The van der Waals surface area contributed by atoms with Crippen molar-refractivity contribution in [3.8, 4) is 0 Å². The average Bonchev–Trinajstić information content (AvgIpc) is 1.68. The highest BCUT2D eigenvalue weighted by atomic mass is 17.1. The molecular weight excluding hydrogens is 92.1 g/mol. The number of rotatable bonds is 2. The van der Waals surface area contributed by atoms with E-state index >= 15 is 0 Å². The number of hydrogen-bond acceptors (Lipinski definition) is 2. The average molecular weight is 102 g/mol. The zero-order valence-electron chi connectivity index (χ0n) is 4.59. The molecule has 0 fully saturated rings. The van der Waals surface area contributed by atoms with Crippen LogP contribution in [-0.4, -0.2) is 11.4 Å². The van der Waals surface area contributed by atoms with Crippen molar-refractivity contribution >= 4 is 0 Å². The molecule has 2 nitrogen and oxygen atoms in total. The highest BCUT2D eigenvalue weighted by molar-refractivity contribution is 4.82. The highest BCUT2D eigenvalue weighted by Crippen LogP contribution is 1.86. The van der Waals surface area contributed by atoms with Gasteiger partial charge >= 0.3 is 0 Å². The third kappa shape index (κ3) is 3.49.